The zero-order chi connectivity index (χ0) is 11.1. The Kier molecular flexibility index (Phi) is 6.36. The van der Waals surface area contributed by atoms with Crippen LogP contribution in [0.25, 0.3) is 0 Å². The summed E-state index contributed by atoms with van der Waals surface area (Å²) in [6.45, 7) is 7.12. The van der Waals surface area contributed by atoms with Crippen molar-refractivity contribution < 1.29 is 0 Å². The van der Waals surface area contributed by atoms with Crippen LogP contribution in [0.4, 0.5) is 0 Å². The van der Waals surface area contributed by atoms with Crippen molar-refractivity contribution in [3.63, 3.8) is 0 Å². The third-order valence-electron chi connectivity index (χ3n) is 3.87. The van der Waals surface area contributed by atoms with Crippen LogP contribution in [0.3, 0.4) is 0 Å². The van der Waals surface area contributed by atoms with E-state index in [0.717, 1.165) is 17.8 Å². The van der Waals surface area contributed by atoms with Crippen molar-refractivity contribution in [1.29, 1.82) is 0 Å². The summed E-state index contributed by atoms with van der Waals surface area (Å²) >= 11 is 0. The van der Waals surface area contributed by atoms with Crippen molar-refractivity contribution in [2.45, 2.75) is 78.6 Å². The van der Waals surface area contributed by atoms with Crippen LogP contribution in [0.5, 0.6) is 0 Å². The second kappa shape index (κ2) is 7.30. The predicted octanol–water partition coefficient (Wildman–Crippen LogP) is 5.42. The van der Waals surface area contributed by atoms with Gasteiger partial charge < -0.3 is 0 Å². The van der Waals surface area contributed by atoms with Crippen molar-refractivity contribution >= 4 is 0 Å². The first-order valence-corrected chi connectivity index (χ1v) is 7.20. The third kappa shape index (κ3) is 6.98. The molecule has 0 nitrogen and oxygen atoms in total. The first-order chi connectivity index (χ1) is 7.20. The molecule has 0 aromatic rings. The summed E-state index contributed by atoms with van der Waals surface area (Å²) in [7, 11) is 0. The Morgan fingerprint density at radius 1 is 0.800 bits per heavy atom. The summed E-state index contributed by atoms with van der Waals surface area (Å²) in [6, 6.07) is 0. The van der Waals surface area contributed by atoms with Crippen LogP contribution in [0.1, 0.15) is 78.6 Å². The van der Waals surface area contributed by atoms with E-state index in [4.69, 9.17) is 0 Å². The normalized spacial score (nSPS) is 18.4. The van der Waals surface area contributed by atoms with Gasteiger partial charge >= 0.3 is 0 Å². The van der Waals surface area contributed by atoms with Gasteiger partial charge in [-0.3, -0.25) is 0 Å². The lowest BCUT2D eigenvalue weighted by molar-refractivity contribution is 0.434. The molecule has 1 aliphatic rings. The first-order valence-electron chi connectivity index (χ1n) is 7.20. The molecule has 0 aliphatic heterocycles. The van der Waals surface area contributed by atoms with Gasteiger partial charge in [0.2, 0.25) is 0 Å². The van der Waals surface area contributed by atoms with Crippen LogP contribution in [0.15, 0.2) is 0 Å². The van der Waals surface area contributed by atoms with Crippen molar-refractivity contribution in [3.05, 3.63) is 0 Å². The molecule has 15 heavy (non-hydrogen) atoms. The minimum atomic E-state index is 0.903. The van der Waals surface area contributed by atoms with E-state index in [-0.39, 0.29) is 0 Å². The highest BCUT2D eigenvalue weighted by Crippen LogP contribution is 2.38. The van der Waals surface area contributed by atoms with Gasteiger partial charge in [-0.25, -0.2) is 0 Å². The number of rotatable bonds is 9. The van der Waals surface area contributed by atoms with E-state index in [2.05, 4.69) is 20.8 Å². The quantitative estimate of drug-likeness (QED) is 0.446. The van der Waals surface area contributed by atoms with Gasteiger partial charge in [-0.2, -0.15) is 0 Å². The van der Waals surface area contributed by atoms with E-state index < -0.39 is 0 Å². The molecule has 0 radical (unpaired) electrons. The smallest absolute Gasteiger partial charge is 0.0388 e. The molecule has 1 rings (SSSR count). The Morgan fingerprint density at radius 3 is 1.87 bits per heavy atom. The van der Waals surface area contributed by atoms with Gasteiger partial charge in [-0.1, -0.05) is 65.7 Å². The largest absolute Gasteiger partial charge is 0.0628 e. The fourth-order valence-electron chi connectivity index (χ4n) is 2.45. The van der Waals surface area contributed by atoms with Gasteiger partial charge in [0.25, 0.3) is 0 Å². The van der Waals surface area contributed by atoms with Crippen molar-refractivity contribution in [3.8, 4) is 0 Å². The SMILES string of the molecule is CC(C)CCCCCCCC(C)C1CC1. The van der Waals surface area contributed by atoms with Crippen LogP contribution in [-0.2, 0) is 0 Å². The standard InChI is InChI=1S/C15H30/c1-13(2)9-7-5-4-6-8-10-14(3)15-11-12-15/h13-15H,4-12H2,1-3H3. The number of unbranched alkanes of at least 4 members (excludes halogenated alkanes) is 4. The monoisotopic (exact) mass is 210 g/mol. The summed E-state index contributed by atoms with van der Waals surface area (Å²) < 4.78 is 0. The van der Waals surface area contributed by atoms with E-state index in [1.54, 1.807) is 0 Å². The minimum Gasteiger partial charge on any atom is -0.0628 e. The van der Waals surface area contributed by atoms with Crippen LogP contribution in [0, 0.1) is 17.8 Å². The highest BCUT2D eigenvalue weighted by molar-refractivity contribution is 4.78. The van der Waals surface area contributed by atoms with Gasteiger partial charge in [0.1, 0.15) is 0 Å². The summed E-state index contributed by atoms with van der Waals surface area (Å²) in [5.74, 6) is 3.05. The molecular weight excluding hydrogens is 180 g/mol. The molecule has 0 heterocycles. The average Bonchev–Trinajstić information content (AvgIpc) is 2.98. The minimum absolute atomic E-state index is 0.903. The molecule has 1 atom stereocenters. The highest BCUT2D eigenvalue weighted by Gasteiger charge is 2.26. The Bertz CT molecular complexity index is 144. The molecule has 0 spiro atoms. The summed E-state index contributed by atoms with van der Waals surface area (Å²) in [4.78, 5) is 0. The van der Waals surface area contributed by atoms with Crippen LogP contribution >= 0.6 is 0 Å². The summed E-state index contributed by atoms with van der Waals surface area (Å²) in [5, 5.41) is 0. The Labute approximate surface area is 96.8 Å². The molecule has 0 bridgehead atoms. The molecular formula is C15H30. The maximum Gasteiger partial charge on any atom is -0.0388 e. The zero-order valence-electron chi connectivity index (χ0n) is 11.1. The average molecular weight is 210 g/mol. The molecule has 0 aromatic carbocycles. The van der Waals surface area contributed by atoms with E-state index >= 15 is 0 Å². The molecule has 1 unspecified atom stereocenters. The Hall–Kier alpha value is 0. The molecule has 0 N–H and O–H groups in total. The molecule has 1 aliphatic carbocycles. The van der Waals surface area contributed by atoms with Crippen LogP contribution in [0.2, 0.25) is 0 Å². The lowest BCUT2D eigenvalue weighted by Gasteiger charge is -2.09. The molecule has 0 heteroatoms. The van der Waals surface area contributed by atoms with Crippen molar-refractivity contribution in [2.75, 3.05) is 0 Å². The van der Waals surface area contributed by atoms with Gasteiger partial charge in [-0.05, 0) is 30.6 Å². The summed E-state index contributed by atoms with van der Waals surface area (Å²) in [6.07, 6.45) is 13.3. The van der Waals surface area contributed by atoms with Crippen molar-refractivity contribution in [1.82, 2.24) is 0 Å². The lowest BCUT2D eigenvalue weighted by atomic mass is 9.97. The second-order valence-electron chi connectivity index (χ2n) is 6.05. The van der Waals surface area contributed by atoms with Gasteiger partial charge in [0.05, 0.1) is 0 Å². The number of hydrogen-bond acceptors (Lipinski definition) is 0. The maximum atomic E-state index is 2.45. The molecule has 0 amide bonds. The molecule has 1 fully saturated rings. The molecule has 0 saturated heterocycles. The van der Waals surface area contributed by atoms with Crippen LogP contribution < -0.4 is 0 Å². The van der Waals surface area contributed by atoms with Crippen LogP contribution in [-0.4, -0.2) is 0 Å². The fraction of sp³-hybridized carbons (Fsp3) is 1.00. The topological polar surface area (TPSA) is 0 Å². The van der Waals surface area contributed by atoms with E-state index in [1.165, 1.54) is 57.8 Å². The molecule has 90 valence electrons. The molecule has 1 saturated carbocycles. The Morgan fingerprint density at radius 2 is 1.33 bits per heavy atom. The van der Waals surface area contributed by atoms with E-state index in [9.17, 15) is 0 Å². The van der Waals surface area contributed by atoms with Gasteiger partial charge in [-0.15, -0.1) is 0 Å². The van der Waals surface area contributed by atoms with E-state index in [0.29, 0.717) is 0 Å². The predicted molar refractivity (Wildman–Crippen MR) is 69.0 cm³/mol. The second-order valence-corrected chi connectivity index (χ2v) is 6.05. The van der Waals surface area contributed by atoms with Gasteiger partial charge in [0.15, 0.2) is 0 Å². The number of hydrogen-bond donors (Lipinski definition) is 0. The Balaban J connectivity index is 1.76. The molecule has 0 aromatic heterocycles. The van der Waals surface area contributed by atoms with Crippen molar-refractivity contribution in [2.24, 2.45) is 17.8 Å². The highest BCUT2D eigenvalue weighted by atomic mass is 14.3. The fourth-order valence-corrected chi connectivity index (χ4v) is 2.45. The third-order valence-corrected chi connectivity index (χ3v) is 3.87. The lowest BCUT2D eigenvalue weighted by Crippen LogP contribution is -1.96. The van der Waals surface area contributed by atoms with Gasteiger partial charge in [0, 0.05) is 0 Å². The van der Waals surface area contributed by atoms with E-state index in [1.807, 2.05) is 0 Å². The zero-order valence-corrected chi connectivity index (χ0v) is 11.1. The maximum absolute atomic E-state index is 2.45. The first kappa shape index (κ1) is 13.1. The summed E-state index contributed by atoms with van der Waals surface area (Å²) in [5.41, 5.74) is 0.